The van der Waals surface area contributed by atoms with E-state index in [0.29, 0.717) is 0 Å². The Labute approximate surface area is 241 Å². The Morgan fingerprint density at radius 3 is 1.68 bits per heavy atom. The van der Waals surface area contributed by atoms with Gasteiger partial charge in [-0.05, 0) is 65.7 Å². The zero-order valence-electron chi connectivity index (χ0n) is 23.4. The normalized spacial score (nSPS) is 11.7. The summed E-state index contributed by atoms with van der Waals surface area (Å²) in [7, 11) is 0. The van der Waals surface area contributed by atoms with E-state index < -0.39 is 0 Å². The van der Waals surface area contributed by atoms with Crippen molar-refractivity contribution in [1.82, 2.24) is 4.57 Å². The zero-order chi connectivity index (χ0) is 27.8. The first-order valence-corrected chi connectivity index (χ1v) is 14.2. The van der Waals surface area contributed by atoms with Gasteiger partial charge < -0.3 is 9.47 Å². The molecule has 0 bridgehead atoms. The molecule has 0 spiro atoms. The largest absolute Gasteiger partial charge is 0.310 e. The van der Waals surface area contributed by atoms with Crippen molar-refractivity contribution in [3.05, 3.63) is 169 Å². The van der Waals surface area contributed by atoms with Crippen LogP contribution in [0.3, 0.4) is 0 Å². The lowest BCUT2D eigenvalue weighted by atomic mass is 9.77. The molecule has 7 aromatic rings. The number of hydrogen-bond donors (Lipinski definition) is 0. The highest BCUT2D eigenvalue weighted by atomic mass is 15.1. The number of aromatic nitrogens is 1. The molecule has 7 rings (SSSR count). The maximum absolute atomic E-state index is 2.45. The molecule has 0 saturated heterocycles. The second-order valence-electron chi connectivity index (χ2n) is 11.1. The van der Waals surface area contributed by atoms with Gasteiger partial charge in [-0.15, -0.1) is 0 Å². The van der Waals surface area contributed by atoms with Gasteiger partial charge in [-0.3, -0.25) is 0 Å². The fourth-order valence-electron chi connectivity index (χ4n) is 6.17. The van der Waals surface area contributed by atoms with E-state index in [0.717, 1.165) is 17.1 Å². The molecule has 1 heterocycles. The predicted octanol–water partition coefficient (Wildman–Crippen LogP) is 10.6. The van der Waals surface area contributed by atoms with Gasteiger partial charge in [-0.2, -0.15) is 0 Å². The second-order valence-corrected chi connectivity index (χ2v) is 11.1. The van der Waals surface area contributed by atoms with E-state index in [2.05, 4.69) is 181 Å². The van der Waals surface area contributed by atoms with Gasteiger partial charge in [0, 0.05) is 33.2 Å². The van der Waals surface area contributed by atoms with Crippen LogP contribution in [0, 0.1) is 0 Å². The molecule has 0 saturated carbocycles. The molecule has 0 aliphatic carbocycles. The molecule has 6 aromatic carbocycles. The highest BCUT2D eigenvalue weighted by molar-refractivity contribution is 6.10. The quantitative estimate of drug-likeness (QED) is 0.208. The lowest BCUT2D eigenvalue weighted by molar-refractivity contribution is 0.637. The molecule has 0 fully saturated rings. The Balaban J connectivity index is 1.47. The fourth-order valence-corrected chi connectivity index (χ4v) is 6.17. The SMILES string of the molecule is CC(C)(c1ccccc1)c1ccccc1-n1c2ccccc2c2cc(N(c3ccccc3)c3ccccc3)ccc21. The van der Waals surface area contributed by atoms with Gasteiger partial charge in [0.05, 0.1) is 16.7 Å². The Morgan fingerprint density at radius 1 is 0.463 bits per heavy atom. The molecule has 2 heteroatoms. The summed E-state index contributed by atoms with van der Waals surface area (Å²) in [5.74, 6) is 0. The van der Waals surface area contributed by atoms with E-state index >= 15 is 0 Å². The molecular weight excluding hydrogens is 496 g/mol. The molecule has 0 atom stereocenters. The van der Waals surface area contributed by atoms with Crippen molar-refractivity contribution in [3.63, 3.8) is 0 Å². The monoisotopic (exact) mass is 528 g/mol. The summed E-state index contributed by atoms with van der Waals surface area (Å²) in [5, 5.41) is 2.49. The van der Waals surface area contributed by atoms with E-state index in [4.69, 9.17) is 0 Å². The van der Waals surface area contributed by atoms with Crippen LogP contribution >= 0.6 is 0 Å². The standard InChI is InChI=1S/C39H32N2/c1-39(2,29-16-6-3-7-17-29)35-23-13-15-25-38(35)41-36-24-14-12-22-33(36)34-28-32(26-27-37(34)41)40(30-18-8-4-9-19-30)31-20-10-5-11-21-31/h3-28H,1-2H3. The van der Waals surface area contributed by atoms with Gasteiger partial charge in [0.25, 0.3) is 0 Å². The maximum atomic E-state index is 2.45. The van der Waals surface area contributed by atoms with Crippen LogP contribution in [-0.4, -0.2) is 4.57 Å². The summed E-state index contributed by atoms with van der Waals surface area (Å²) in [6.07, 6.45) is 0. The Hall–Kier alpha value is -5.08. The topological polar surface area (TPSA) is 8.17 Å². The molecule has 41 heavy (non-hydrogen) atoms. The van der Waals surface area contributed by atoms with Gasteiger partial charge >= 0.3 is 0 Å². The van der Waals surface area contributed by atoms with Gasteiger partial charge in [-0.25, -0.2) is 0 Å². The van der Waals surface area contributed by atoms with E-state index in [1.807, 2.05) is 0 Å². The first-order chi connectivity index (χ1) is 20.1. The van der Waals surface area contributed by atoms with E-state index in [9.17, 15) is 0 Å². The average molecular weight is 529 g/mol. The number of nitrogens with zero attached hydrogens (tertiary/aromatic N) is 2. The average Bonchev–Trinajstić information content (AvgIpc) is 3.36. The van der Waals surface area contributed by atoms with Crippen molar-refractivity contribution in [2.75, 3.05) is 4.90 Å². The lowest BCUT2D eigenvalue weighted by Gasteiger charge is -2.29. The van der Waals surface area contributed by atoms with Gasteiger partial charge in [0.1, 0.15) is 0 Å². The molecule has 0 aliphatic rings. The molecule has 0 aliphatic heterocycles. The minimum absolute atomic E-state index is 0.174. The number of para-hydroxylation sites is 4. The molecule has 0 N–H and O–H groups in total. The van der Waals surface area contributed by atoms with Crippen LogP contribution in [0.4, 0.5) is 17.1 Å². The van der Waals surface area contributed by atoms with E-state index in [1.165, 1.54) is 38.6 Å². The minimum Gasteiger partial charge on any atom is -0.310 e. The summed E-state index contributed by atoms with van der Waals surface area (Å²) in [6.45, 7) is 4.65. The number of fused-ring (bicyclic) bond motifs is 3. The zero-order valence-corrected chi connectivity index (χ0v) is 23.4. The van der Waals surface area contributed by atoms with E-state index in [-0.39, 0.29) is 5.41 Å². The van der Waals surface area contributed by atoms with Crippen LogP contribution in [0.5, 0.6) is 0 Å². The summed E-state index contributed by atoms with van der Waals surface area (Å²) >= 11 is 0. The van der Waals surface area contributed by atoms with Crippen molar-refractivity contribution in [3.8, 4) is 5.69 Å². The second kappa shape index (κ2) is 10.1. The number of benzene rings is 6. The van der Waals surface area contributed by atoms with Crippen molar-refractivity contribution in [2.45, 2.75) is 19.3 Å². The third-order valence-electron chi connectivity index (χ3n) is 8.26. The highest BCUT2D eigenvalue weighted by Crippen LogP contribution is 2.42. The molecule has 2 nitrogen and oxygen atoms in total. The van der Waals surface area contributed by atoms with Crippen molar-refractivity contribution >= 4 is 38.9 Å². The van der Waals surface area contributed by atoms with Crippen LogP contribution in [0.1, 0.15) is 25.0 Å². The summed E-state index contributed by atoms with van der Waals surface area (Å²) in [6, 6.07) is 56.5. The molecule has 0 unspecified atom stereocenters. The Morgan fingerprint density at radius 2 is 1.00 bits per heavy atom. The van der Waals surface area contributed by atoms with Crippen molar-refractivity contribution < 1.29 is 0 Å². The van der Waals surface area contributed by atoms with Crippen LogP contribution in [0.15, 0.2) is 158 Å². The van der Waals surface area contributed by atoms with Crippen molar-refractivity contribution in [2.24, 2.45) is 0 Å². The predicted molar refractivity (Wildman–Crippen MR) is 174 cm³/mol. The highest BCUT2D eigenvalue weighted by Gasteiger charge is 2.27. The lowest BCUT2D eigenvalue weighted by Crippen LogP contribution is -2.21. The van der Waals surface area contributed by atoms with Crippen LogP contribution < -0.4 is 4.90 Å². The number of rotatable bonds is 6. The third-order valence-corrected chi connectivity index (χ3v) is 8.26. The molecule has 198 valence electrons. The third kappa shape index (κ3) is 4.29. The minimum atomic E-state index is -0.174. The summed E-state index contributed by atoms with van der Waals surface area (Å²) < 4.78 is 2.45. The summed E-state index contributed by atoms with van der Waals surface area (Å²) in [4.78, 5) is 2.33. The number of hydrogen-bond acceptors (Lipinski definition) is 1. The fraction of sp³-hybridized carbons (Fsp3) is 0.0769. The van der Waals surface area contributed by atoms with Crippen LogP contribution in [0.2, 0.25) is 0 Å². The van der Waals surface area contributed by atoms with Crippen LogP contribution in [-0.2, 0) is 5.41 Å². The van der Waals surface area contributed by atoms with E-state index in [1.54, 1.807) is 0 Å². The number of anilines is 3. The summed E-state index contributed by atoms with van der Waals surface area (Å²) in [5.41, 5.74) is 9.46. The Bertz CT molecular complexity index is 1910. The first kappa shape index (κ1) is 24.9. The van der Waals surface area contributed by atoms with Crippen LogP contribution in [0.25, 0.3) is 27.5 Å². The molecule has 1 aromatic heterocycles. The molecule has 0 amide bonds. The Kier molecular flexibility index (Phi) is 6.17. The molecule has 0 radical (unpaired) electrons. The van der Waals surface area contributed by atoms with Gasteiger partial charge in [0.2, 0.25) is 0 Å². The van der Waals surface area contributed by atoms with Gasteiger partial charge in [0.15, 0.2) is 0 Å². The van der Waals surface area contributed by atoms with Gasteiger partial charge in [-0.1, -0.05) is 117 Å². The maximum Gasteiger partial charge on any atom is 0.0542 e. The molecular formula is C39H32N2. The first-order valence-electron chi connectivity index (χ1n) is 14.2. The van der Waals surface area contributed by atoms with Crippen molar-refractivity contribution in [1.29, 1.82) is 0 Å². The smallest absolute Gasteiger partial charge is 0.0542 e.